The Balaban J connectivity index is 3.53. The van der Waals surface area contributed by atoms with Gasteiger partial charge in [-0.15, -0.1) is 0 Å². The second-order valence-corrected chi connectivity index (χ2v) is 3.13. The molecule has 0 heterocycles. The number of ether oxygens (including phenoxy) is 1. The standard InChI is InChI=1S/C11H8N2O5/c1-2-18-11(15)8-4-3-7(5-12)10(13(16)17)9(8)6-14/h3-4,6H,2H2,1H3. The van der Waals surface area contributed by atoms with Gasteiger partial charge < -0.3 is 4.74 Å². The Labute approximate surface area is 102 Å². The number of carbonyl (C=O) groups excluding carboxylic acids is 2. The highest BCUT2D eigenvalue weighted by Crippen LogP contribution is 2.25. The van der Waals surface area contributed by atoms with Crippen molar-refractivity contribution in [2.24, 2.45) is 0 Å². The van der Waals surface area contributed by atoms with E-state index in [2.05, 4.69) is 4.74 Å². The average molecular weight is 248 g/mol. The minimum Gasteiger partial charge on any atom is -0.462 e. The Morgan fingerprint density at radius 3 is 2.72 bits per heavy atom. The van der Waals surface area contributed by atoms with Gasteiger partial charge in [0.15, 0.2) is 6.29 Å². The van der Waals surface area contributed by atoms with Crippen LogP contribution in [-0.4, -0.2) is 23.8 Å². The summed E-state index contributed by atoms with van der Waals surface area (Å²) in [6.07, 6.45) is 0.172. The Morgan fingerprint density at radius 2 is 2.28 bits per heavy atom. The van der Waals surface area contributed by atoms with Gasteiger partial charge in [0.05, 0.1) is 17.1 Å². The lowest BCUT2D eigenvalue weighted by molar-refractivity contribution is -0.385. The minimum absolute atomic E-state index is 0.0743. The van der Waals surface area contributed by atoms with Gasteiger partial charge in [-0.25, -0.2) is 4.79 Å². The summed E-state index contributed by atoms with van der Waals surface area (Å²) in [6, 6.07) is 3.87. The molecule has 0 saturated carbocycles. The van der Waals surface area contributed by atoms with Crippen molar-refractivity contribution in [3.8, 4) is 6.07 Å². The van der Waals surface area contributed by atoms with Gasteiger partial charge in [0.1, 0.15) is 17.2 Å². The summed E-state index contributed by atoms with van der Waals surface area (Å²) in [4.78, 5) is 32.4. The first-order valence-corrected chi connectivity index (χ1v) is 4.90. The van der Waals surface area contributed by atoms with E-state index in [4.69, 9.17) is 5.26 Å². The van der Waals surface area contributed by atoms with Crippen molar-refractivity contribution >= 4 is 17.9 Å². The molecule has 0 atom stereocenters. The molecule has 1 rings (SSSR count). The molecule has 0 spiro atoms. The molecule has 1 aromatic carbocycles. The highest BCUT2D eigenvalue weighted by molar-refractivity contribution is 6.01. The van der Waals surface area contributed by atoms with Crippen LogP contribution >= 0.6 is 0 Å². The van der Waals surface area contributed by atoms with Gasteiger partial charge >= 0.3 is 5.97 Å². The highest BCUT2D eigenvalue weighted by Gasteiger charge is 2.26. The number of hydrogen-bond acceptors (Lipinski definition) is 6. The van der Waals surface area contributed by atoms with Crippen molar-refractivity contribution < 1.29 is 19.2 Å². The zero-order valence-corrected chi connectivity index (χ0v) is 9.37. The van der Waals surface area contributed by atoms with Crippen LogP contribution in [0.5, 0.6) is 0 Å². The lowest BCUT2D eigenvalue weighted by atomic mass is 10.0. The molecule has 0 aromatic heterocycles. The van der Waals surface area contributed by atoms with Gasteiger partial charge in [-0.1, -0.05) is 0 Å². The van der Waals surface area contributed by atoms with E-state index in [1.165, 1.54) is 0 Å². The Bertz CT molecular complexity index is 559. The normalized spacial score (nSPS) is 9.33. The molecule has 0 amide bonds. The molecule has 18 heavy (non-hydrogen) atoms. The van der Waals surface area contributed by atoms with E-state index in [1.54, 1.807) is 13.0 Å². The molecule has 0 radical (unpaired) electrons. The topological polar surface area (TPSA) is 110 Å². The monoisotopic (exact) mass is 248 g/mol. The predicted molar refractivity (Wildman–Crippen MR) is 59.2 cm³/mol. The van der Waals surface area contributed by atoms with Gasteiger partial charge in [-0.2, -0.15) is 5.26 Å². The van der Waals surface area contributed by atoms with Crippen LogP contribution in [0.3, 0.4) is 0 Å². The van der Waals surface area contributed by atoms with E-state index >= 15 is 0 Å². The quantitative estimate of drug-likeness (QED) is 0.345. The predicted octanol–water partition coefficient (Wildman–Crippen LogP) is 1.46. The van der Waals surface area contributed by atoms with Crippen molar-refractivity contribution in [3.63, 3.8) is 0 Å². The summed E-state index contributed by atoms with van der Waals surface area (Å²) < 4.78 is 4.68. The lowest BCUT2D eigenvalue weighted by Crippen LogP contribution is -2.10. The van der Waals surface area contributed by atoms with Crippen LogP contribution in [0.2, 0.25) is 0 Å². The van der Waals surface area contributed by atoms with Crippen LogP contribution in [0.1, 0.15) is 33.2 Å². The highest BCUT2D eigenvalue weighted by atomic mass is 16.6. The van der Waals surface area contributed by atoms with Crippen molar-refractivity contribution in [1.29, 1.82) is 5.26 Å². The molecular formula is C11H8N2O5. The first-order valence-electron chi connectivity index (χ1n) is 4.90. The van der Waals surface area contributed by atoms with Gasteiger partial charge in [0.25, 0.3) is 5.69 Å². The number of rotatable bonds is 4. The third-order valence-corrected chi connectivity index (χ3v) is 2.13. The number of esters is 1. The van der Waals surface area contributed by atoms with Crippen molar-refractivity contribution in [2.75, 3.05) is 6.61 Å². The van der Waals surface area contributed by atoms with E-state index in [9.17, 15) is 19.7 Å². The first-order chi connectivity index (χ1) is 8.56. The maximum absolute atomic E-state index is 11.5. The molecule has 0 N–H and O–H groups in total. The maximum Gasteiger partial charge on any atom is 0.339 e. The number of hydrogen-bond donors (Lipinski definition) is 0. The van der Waals surface area contributed by atoms with Gasteiger partial charge in [-0.3, -0.25) is 14.9 Å². The number of nitrogens with zero attached hydrogens (tertiary/aromatic N) is 2. The fourth-order valence-corrected chi connectivity index (χ4v) is 1.40. The van der Waals surface area contributed by atoms with Crippen molar-refractivity contribution in [2.45, 2.75) is 6.92 Å². The van der Waals surface area contributed by atoms with Crippen LogP contribution in [0.25, 0.3) is 0 Å². The second kappa shape index (κ2) is 5.54. The largest absolute Gasteiger partial charge is 0.462 e. The zero-order chi connectivity index (χ0) is 13.7. The van der Waals surface area contributed by atoms with Crippen LogP contribution < -0.4 is 0 Å². The number of nitriles is 1. The van der Waals surface area contributed by atoms with Crippen LogP contribution in [0, 0.1) is 21.4 Å². The molecule has 0 aliphatic heterocycles. The van der Waals surface area contributed by atoms with Crippen molar-refractivity contribution in [1.82, 2.24) is 0 Å². The van der Waals surface area contributed by atoms with E-state index < -0.39 is 22.1 Å². The van der Waals surface area contributed by atoms with E-state index in [0.717, 1.165) is 12.1 Å². The summed E-state index contributed by atoms with van der Waals surface area (Å²) in [5.74, 6) is -0.841. The summed E-state index contributed by atoms with van der Waals surface area (Å²) in [5, 5.41) is 19.6. The molecule has 0 saturated heterocycles. The molecular weight excluding hydrogens is 240 g/mol. The third kappa shape index (κ3) is 2.32. The van der Waals surface area contributed by atoms with Gasteiger partial charge in [0.2, 0.25) is 0 Å². The van der Waals surface area contributed by atoms with E-state index in [1.807, 2.05) is 0 Å². The molecule has 0 unspecified atom stereocenters. The molecule has 0 fully saturated rings. The third-order valence-electron chi connectivity index (χ3n) is 2.13. The first kappa shape index (κ1) is 13.3. The second-order valence-electron chi connectivity index (χ2n) is 3.13. The molecule has 0 aliphatic carbocycles. The Morgan fingerprint density at radius 1 is 1.61 bits per heavy atom. The number of aldehydes is 1. The van der Waals surface area contributed by atoms with E-state index in [-0.39, 0.29) is 24.0 Å². The smallest absolute Gasteiger partial charge is 0.339 e. The average Bonchev–Trinajstić information content (AvgIpc) is 2.36. The molecule has 7 heteroatoms. The SMILES string of the molecule is CCOC(=O)c1ccc(C#N)c([N+](=O)[O-])c1C=O. The van der Waals surface area contributed by atoms with Crippen LogP contribution in [-0.2, 0) is 4.74 Å². The summed E-state index contributed by atoms with van der Waals surface area (Å²) in [6.45, 7) is 1.64. The zero-order valence-electron chi connectivity index (χ0n) is 9.37. The minimum atomic E-state index is -0.870. The lowest BCUT2D eigenvalue weighted by Gasteiger charge is -2.05. The number of nitro benzene ring substituents is 1. The van der Waals surface area contributed by atoms with Gasteiger partial charge in [-0.05, 0) is 19.1 Å². The summed E-state index contributed by atoms with van der Waals surface area (Å²) in [7, 11) is 0. The summed E-state index contributed by atoms with van der Waals surface area (Å²) >= 11 is 0. The van der Waals surface area contributed by atoms with E-state index in [0.29, 0.717) is 0 Å². The number of carbonyl (C=O) groups is 2. The summed E-state index contributed by atoms with van der Waals surface area (Å²) in [5.41, 5.74) is -1.64. The molecule has 92 valence electrons. The Kier molecular flexibility index (Phi) is 4.10. The number of benzene rings is 1. The van der Waals surface area contributed by atoms with Crippen LogP contribution in [0.4, 0.5) is 5.69 Å². The molecule has 0 aliphatic rings. The fraction of sp³-hybridized carbons (Fsp3) is 0.182. The fourth-order valence-electron chi connectivity index (χ4n) is 1.40. The van der Waals surface area contributed by atoms with Gasteiger partial charge in [0, 0.05) is 0 Å². The number of nitro groups is 1. The Hall–Kier alpha value is -2.75. The maximum atomic E-state index is 11.5. The van der Waals surface area contributed by atoms with Crippen LogP contribution in [0.15, 0.2) is 12.1 Å². The van der Waals surface area contributed by atoms with Crippen molar-refractivity contribution in [3.05, 3.63) is 38.9 Å². The molecule has 7 nitrogen and oxygen atoms in total. The molecule has 0 bridgehead atoms. The molecule has 1 aromatic rings.